The van der Waals surface area contributed by atoms with E-state index in [9.17, 15) is 4.79 Å². The summed E-state index contributed by atoms with van der Waals surface area (Å²) in [7, 11) is 0. The number of carboxylic acids is 1. The van der Waals surface area contributed by atoms with Crippen molar-refractivity contribution in [2.45, 2.75) is 13.5 Å². The van der Waals surface area contributed by atoms with Crippen LogP contribution < -0.4 is 0 Å². The fourth-order valence-electron chi connectivity index (χ4n) is 1.51. The molecule has 0 aromatic heterocycles. The van der Waals surface area contributed by atoms with Crippen LogP contribution in [0.3, 0.4) is 0 Å². The highest BCUT2D eigenvalue weighted by atomic mass is 17.2. The maximum atomic E-state index is 10.2. The number of terminal acetylenes is 1. The van der Waals surface area contributed by atoms with Crippen molar-refractivity contribution in [2.24, 2.45) is 0 Å². The first-order chi connectivity index (χ1) is 12.1. The fourth-order valence-corrected chi connectivity index (χ4v) is 1.51. The first-order valence-electron chi connectivity index (χ1n) is 6.71. The number of rotatable bonds is 3. The van der Waals surface area contributed by atoms with Crippen molar-refractivity contribution in [3.63, 3.8) is 0 Å². The van der Waals surface area contributed by atoms with Crippen molar-refractivity contribution in [3.05, 3.63) is 34.9 Å². The van der Waals surface area contributed by atoms with Gasteiger partial charge in [-0.1, -0.05) is 12.0 Å². The molecule has 25 heavy (non-hydrogen) atoms. The summed E-state index contributed by atoms with van der Waals surface area (Å²) < 4.78 is 0. The van der Waals surface area contributed by atoms with E-state index in [1.54, 1.807) is 6.07 Å². The Bertz CT molecular complexity index is 1030. The zero-order valence-electron chi connectivity index (χ0n) is 13.2. The summed E-state index contributed by atoms with van der Waals surface area (Å²) in [5, 5.41) is 8.33. The van der Waals surface area contributed by atoms with Crippen molar-refractivity contribution >= 4 is 5.97 Å². The highest BCUT2D eigenvalue weighted by Gasteiger charge is 1.98. The SMILES string of the molecule is C#CC#CC#COOCc1cc(C)cc(C#CC#CC#CC(=O)O)c1.[HH].[HH].[HH].[HH].[HH].[HH].[HH].[HH].[HH].[HH].[HH].[HH]. The molecule has 1 N–H and O–H groups in total. The van der Waals surface area contributed by atoms with Gasteiger partial charge in [-0.05, 0) is 65.7 Å². The molecule has 0 saturated carbocycles. The fraction of sp³-hybridized carbons (Fsp3) is 0.0952. The van der Waals surface area contributed by atoms with E-state index < -0.39 is 5.97 Å². The standard InChI is InChI=1S/C21H10O4.12H2/c1-3-4-5-10-13-24-25-17-20-15-18(2)14-19(16-20)11-8-6-7-9-12-21(22)23;;;;;;;;;;;;/h1,14-16H,17H2,2H3,(H,22,23);12*1H. The number of hydrogen-bond acceptors (Lipinski definition) is 3. The van der Waals surface area contributed by atoms with Crippen LogP contribution in [0.4, 0.5) is 0 Å². The summed E-state index contributed by atoms with van der Waals surface area (Å²) in [6.07, 6.45) is 7.17. The van der Waals surface area contributed by atoms with Crippen LogP contribution in [0, 0.1) is 78.7 Å². The van der Waals surface area contributed by atoms with E-state index in [1.807, 2.05) is 25.0 Å². The Kier molecular flexibility index (Phi) is 8.59. The summed E-state index contributed by atoms with van der Waals surface area (Å²) >= 11 is 0. The molecular formula is C21H34O4. The lowest BCUT2D eigenvalue weighted by atomic mass is 10.1. The number of hydrogen-bond donors (Lipinski definition) is 1. The average molecular weight is 350 g/mol. The first-order valence-corrected chi connectivity index (χ1v) is 6.71. The summed E-state index contributed by atoms with van der Waals surface area (Å²) in [4.78, 5) is 19.8. The molecule has 0 fully saturated rings. The summed E-state index contributed by atoms with van der Waals surface area (Å²) in [5.41, 5.74) is 2.54. The monoisotopic (exact) mass is 350 g/mol. The van der Waals surface area contributed by atoms with Gasteiger partial charge in [-0.15, -0.1) is 6.42 Å². The Hall–Kier alpha value is -4.19. The van der Waals surface area contributed by atoms with Crippen LogP contribution in [0.5, 0.6) is 0 Å². The van der Waals surface area contributed by atoms with Gasteiger partial charge in [0.1, 0.15) is 6.61 Å². The molecule has 0 aliphatic heterocycles. The Morgan fingerprint density at radius 3 is 2.64 bits per heavy atom. The van der Waals surface area contributed by atoms with E-state index in [2.05, 4.69) is 64.3 Å². The van der Waals surface area contributed by atoms with Crippen LogP contribution >= 0.6 is 0 Å². The zero-order valence-corrected chi connectivity index (χ0v) is 13.2. The van der Waals surface area contributed by atoms with Gasteiger partial charge in [-0.25, -0.2) is 4.79 Å². The van der Waals surface area contributed by atoms with Gasteiger partial charge in [0.15, 0.2) is 6.11 Å². The summed E-state index contributed by atoms with van der Waals surface area (Å²) in [5.74, 6) is 22.2. The molecule has 0 saturated heterocycles. The molecule has 1 aromatic rings. The average Bonchev–Trinajstić information content (AvgIpc) is 2.56. The third kappa shape index (κ3) is 9.43. The minimum atomic E-state index is -1.24. The number of carboxylic acid groups (broad SMARTS) is 1. The van der Waals surface area contributed by atoms with Crippen LogP contribution in [0.25, 0.3) is 0 Å². The molecule has 4 nitrogen and oxygen atoms in total. The van der Waals surface area contributed by atoms with E-state index in [0.717, 1.165) is 16.7 Å². The molecule has 0 atom stereocenters. The van der Waals surface area contributed by atoms with Gasteiger partial charge in [-0.2, -0.15) is 4.89 Å². The number of aryl methyl sites for hydroxylation is 1. The molecule has 1 aromatic carbocycles. The molecule has 0 unspecified atom stereocenters. The topological polar surface area (TPSA) is 55.8 Å². The molecule has 0 spiro atoms. The third-order valence-corrected chi connectivity index (χ3v) is 2.28. The summed E-state index contributed by atoms with van der Waals surface area (Å²) in [6.45, 7) is 2.08. The Morgan fingerprint density at radius 2 is 1.88 bits per heavy atom. The number of carbonyl (C=O) groups is 1. The molecule has 0 radical (unpaired) electrons. The summed E-state index contributed by atoms with van der Waals surface area (Å²) in [6, 6.07) is 5.58. The van der Waals surface area contributed by atoms with Gasteiger partial charge in [-0.3, -0.25) is 4.89 Å². The van der Waals surface area contributed by atoms with Crippen LogP contribution in [0.2, 0.25) is 0 Å². The van der Waals surface area contributed by atoms with Crippen LogP contribution in [-0.2, 0) is 21.2 Å². The molecule has 0 aliphatic carbocycles. The number of aliphatic carboxylic acids is 1. The quantitative estimate of drug-likeness (QED) is 0.379. The molecule has 0 amide bonds. The molecule has 4 heteroatoms. The van der Waals surface area contributed by atoms with E-state index in [4.69, 9.17) is 16.4 Å². The van der Waals surface area contributed by atoms with Crippen molar-refractivity contribution in [1.82, 2.24) is 0 Å². The smallest absolute Gasteiger partial charge is 0.382 e. The minimum Gasteiger partial charge on any atom is -0.472 e. The minimum absolute atomic E-state index is 0. The van der Waals surface area contributed by atoms with Crippen molar-refractivity contribution < 1.29 is 36.8 Å². The molecule has 1 rings (SSSR count). The normalized spacial score (nSPS) is 7.20. The van der Waals surface area contributed by atoms with Crippen LogP contribution in [-0.4, -0.2) is 11.1 Å². The third-order valence-electron chi connectivity index (χ3n) is 2.28. The highest BCUT2D eigenvalue weighted by Crippen LogP contribution is 2.10. The second-order valence-corrected chi connectivity index (χ2v) is 4.23. The lowest BCUT2D eigenvalue weighted by Crippen LogP contribution is -1.93. The molecular weight excluding hydrogens is 316 g/mol. The molecule has 142 valence electrons. The van der Waals surface area contributed by atoms with E-state index in [0.29, 0.717) is 0 Å². The van der Waals surface area contributed by atoms with Crippen molar-refractivity contribution in [1.29, 1.82) is 0 Å². The Balaban J connectivity index is -0.0000000521. The largest absolute Gasteiger partial charge is 0.472 e. The lowest BCUT2D eigenvalue weighted by Gasteiger charge is -2.02. The van der Waals surface area contributed by atoms with Gasteiger partial charge in [0, 0.05) is 40.4 Å². The Labute approximate surface area is 164 Å². The molecule has 0 heterocycles. The van der Waals surface area contributed by atoms with Gasteiger partial charge in [0.05, 0.1) is 0 Å². The van der Waals surface area contributed by atoms with E-state index in [1.165, 1.54) is 0 Å². The van der Waals surface area contributed by atoms with Crippen molar-refractivity contribution in [2.75, 3.05) is 0 Å². The van der Waals surface area contributed by atoms with Crippen LogP contribution in [0.15, 0.2) is 18.2 Å². The number of benzene rings is 1. The lowest BCUT2D eigenvalue weighted by molar-refractivity contribution is -0.246. The molecule has 0 bridgehead atoms. The Morgan fingerprint density at radius 1 is 1.12 bits per heavy atom. The van der Waals surface area contributed by atoms with E-state index in [-0.39, 0.29) is 23.7 Å². The maximum Gasteiger partial charge on any atom is 0.382 e. The molecule has 0 aliphatic rings. The van der Waals surface area contributed by atoms with Gasteiger partial charge in [0.25, 0.3) is 0 Å². The zero-order chi connectivity index (χ0) is 18.3. The first kappa shape index (κ1) is 18.9. The van der Waals surface area contributed by atoms with Gasteiger partial charge in [0.2, 0.25) is 0 Å². The second kappa shape index (κ2) is 11.4. The predicted molar refractivity (Wildman–Crippen MR) is 117 cm³/mol. The van der Waals surface area contributed by atoms with Gasteiger partial charge < -0.3 is 5.11 Å². The predicted octanol–water partition coefficient (Wildman–Crippen LogP) is 4.44. The maximum absolute atomic E-state index is 10.2. The van der Waals surface area contributed by atoms with Crippen molar-refractivity contribution in [3.8, 4) is 71.7 Å². The van der Waals surface area contributed by atoms with E-state index >= 15 is 0 Å². The second-order valence-electron chi connectivity index (χ2n) is 4.23. The van der Waals surface area contributed by atoms with Gasteiger partial charge >= 0.3 is 5.97 Å². The highest BCUT2D eigenvalue weighted by molar-refractivity contribution is 5.87. The van der Waals surface area contributed by atoms with Crippen LogP contribution in [0.1, 0.15) is 33.8 Å².